The van der Waals surface area contributed by atoms with Gasteiger partial charge in [0.2, 0.25) is 0 Å². The Labute approximate surface area is 180 Å². The highest BCUT2D eigenvalue weighted by atomic mass is 16.3. The zero-order valence-corrected chi connectivity index (χ0v) is 18.5. The molecule has 30 heavy (non-hydrogen) atoms. The topological polar surface area (TPSA) is 33.1 Å². The van der Waals surface area contributed by atoms with Gasteiger partial charge in [0.15, 0.2) is 0 Å². The van der Waals surface area contributed by atoms with Gasteiger partial charge >= 0.3 is 0 Å². The van der Waals surface area contributed by atoms with Crippen LogP contribution in [0.15, 0.2) is 48.3 Å². The van der Waals surface area contributed by atoms with Gasteiger partial charge in [-0.15, -0.1) is 0 Å². The molecule has 4 aliphatic rings. The molecular weight excluding hydrogens is 366 g/mol. The molecule has 1 aromatic heterocycles. The minimum Gasteiger partial charge on any atom is -0.393 e. The summed E-state index contributed by atoms with van der Waals surface area (Å²) in [5.41, 5.74) is 3.89. The van der Waals surface area contributed by atoms with Gasteiger partial charge in [0.05, 0.1) is 6.10 Å². The molecular formula is C28H35NO. The van der Waals surface area contributed by atoms with Crippen molar-refractivity contribution in [2.75, 3.05) is 0 Å². The lowest BCUT2D eigenvalue weighted by Crippen LogP contribution is -2.50. The van der Waals surface area contributed by atoms with E-state index in [4.69, 9.17) is 0 Å². The second-order valence-electron chi connectivity index (χ2n) is 11.3. The van der Waals surface area contributed by atoms with Crippen molar-refractivity contribution in [3.8, 4) is 0 Å². The summed E-state index contributed by atoms with van der Waals surface area (Å²) in [6.07, 6.45) is 16.2. The molecule has 158 valence electrons. The predicted molar refractivity (Wildman–Crippen MR) is 122 cm³/mol. The molecule has 0 spiro atoms. The van der Waals surface area contributed by atoms with Crippen molar-refractivity contribution in [1.29, 1.82) is 0 Å². The van der Waals surface area contributed by atoms with Gasteiger partial charge in [0, 0.05) is 17.8 Å². The standard InChI is InChI=1S/C28H35NO/c1-27-12-9-22(30)16-21(27)5-6-23-25-8-7-24(28(25,2)13-10-26(23)27)19-4-3-18-11-14-29-17-20(18)15-19/h3-5,11,14-15,17,22-26,30H,6-10,12-13,16H2,1-2H3/t22-,23-,24+,25-,26-,27-,28+/m0/s1. The monoisotopic (exact) mass is 401 g/mol. The Morgan fingerprint density at radius 2 is 1.87 bits per heavy atom. The van der Waals surface area contributed by atoms with Gasteiger partial charge in [-0.3, -0.25) is 4.98 Å². The Kier molecular flexibility index (Phi) is 4.23. The van der Waals surface area contributed by atoms with Crippen LogP contribution < -0.4 is 0 Å². The minimum absolute atomic E-state index is 0.104. The quantitative estimate of drug-likeness (QED) is 0.543. The molecule has 0 saturated heterocycles. The average Bonchev–Trinajstić information content (AvgIpc) is 3.11. The van der Waals surface area contributed by atoms with Crippen LogP contribution in [0.25, 0.3) is 10.8 Å². The SMILES string of the molecule is C[C@]12CC[C@H]3[C@@H](CC=C4C[C@@H](O)CC[C@@]43C)[C@@H]1CC[C@@H]2c1ccc2ccncc2c1. The molecule has 1 heterocycles. The van der Waals surface area contributed by atoms with Crippen LogP contribution >= 0.6 is 0 Å². The van der Waals surface area contributed by atoms with Crippen LogP contribution in [0.3, 0.4) is 0 Å². The van der Waals surface area contributed by atoms with Gasteiger partial charge in [-0.2, -0.15) is 0 Å². The lowest BCUT2D eigenvalue weighted by molar-refractivity contribution is -0.0409. The molecule has 0 unspecified atom stereocenters. The van der Waals surface area contributed by atoms with Crippen molar-refractivity contribution in [3.05, 3.63) is 53.9 Å². The lowest BCUT2D eigenvalue weighted by Gasteiger charge is -2.58. The maximum Gasteiger partial charge on any atom is 0.0577 e. The lowest BCUT2D eigenvalue weighted by atomic mass is 9.47. The molecule has 2 nitrogen and oxygen atoms in total. The summed E-state index contributed by atoms with van der Waals surface area (Å²) in [7, 11) is 0. The number of aliphatic hydroxyl groups is 1. The number of nitrogens with zero attached hydrogens (tertiary/aromatic N) is 1. The van der Waals surface area contributed by atoms with E-state index in [0.29, 0.717) is 16.7 Å². The summed E-state index contributed by atoms with van der Waals surface area (Å²) in [6, 6.07) is 9.25. The van der Waals surface area contributed by atoms with Gasteiger partial charge < -0.3 is 5.11 Å². The largest absolute Gasteiger partial charge is 0.393 e. The molecule has 7 atom stereocenters. The van der Waals surface area contributed by atoms with Gasteiger partial charge in [-0.25, -0.2) is 0 Å². The Morgan fingerprint density at radius 3 is 2.77 bits per heavy atom. The molecule has 6 rings (SSSR count). The van der Waals surface area contributed by atoms with Crippen molar-refractivity contribution in [2.45, 2.75) is 77.2 Å². The minimum atomic E-state index is -0.104. The fourth-order valence-corrected chi connectivity index (χ4v) is 8.51. The Morgan fingerprint density at radius 1 is 0.967 bits per heavy atom. The molecule has 0 amide bonds. The second-order valence-corrected chi connectivity index (χ2v) is 11.3. The van der Waals surface area contributed by atoms with Crippen LogP contribution in [0.5, 0.6) is 0 Å². The van der Waals surface area contributed by atoms with E-state index in [1.165, 1.54) is 54.9 Å². The van der Waals surface area contributed by atoms with Crippen LogP contribution in [0.2, 0.25) is 0 Å². The normalized spacial score (nSPS) is 42.9. The van der Waals surface area contributed by atoms with Crippen LogP contribution in [-0.2, 0) is 0 Å². The van der Waals surface area contributed by atoms with E-state index in [0.717, 1.165) is 30.6 Å². The average molecular weight is 402 g/mol. The van der Waals surface area contributed by atoms with E-state index in [-0.39, 0.29) is 6.10 Å². The van der Waals surface area contributed by atoms with Crippen LogP contribution in [0.4, 0.5) is 0 Å². The summed E-state index contributed by atoms with van der Waals surface area (Å²) in [4.78, 5) is 4.36. The number of rotatable bonds is 1. The van der Waals surface area contributed by atoms with E-state index in [1.54, 1.807) is 5.57 Å². The molecule has 1 N–H and O–H groups in total. The second kappa shape index (κ2) is 6.66. The summed E-state index contributed by atoms with van der Waals surface area (Å²) in [5, 5.41) is 12.8. The first kappa shape index (κ1) is 19.0. The van der Waals surface area contributed by atoms with Crippen LogP contribution in [0.1, 0.15) is 76.7 Å². The fraction of sp³-hybridized carbons (Fsp3) is 0.607. The molecule has 0 radical (unpaired) electrons. The van der Waals surface area contributed by atoms with Gasteiger partial charge in [0.25, 0.3) is 0 Å². The smallest absolute Gasteiger partial charge is 0.0577 e. The molecule has 2 aromatic rings. The number of benzene rings is 1. The van der Waals surface area contributed by atoms with Crippen molar-refractivity contribution in [2.24, 2.45) is 28.6 Å². The third-order valence-electron chi connectivity index (χ3n) is 10.1. The third kappa shape index (κ3) is 2.62. The summed E-state index contributed by atoms with van der Waals surface area (Å²) < 4.78 is 0. The molecule has 3 saturated carbocycles. The molecule has 1 aromatic carbocycles. The first-order chi connectivity index (χ1) is 14.5. The first-order valence-electron chi connectivity index (χ1n) is 12.2. The highest BCUT2D eigenvalue weighted by molar-refractivity contribution is 5.82. The number of aliphatic hydroxyl groups excluding tert-OH is 1. The van der Waals surface area contributed by atoms with Crippen molar-refractivity contribution in [3.63, 3.8) is 0 Å². The van der Waals surface area contributed by atoms with Crippen molar-refractivity contribution >= 4 is 10.8 Å². The number of fused-ring (bicyclic) bond motifs is 6. The molecule has 0 aliphatic heterocycles. The number of hydrogen-bond donors (Lipinski definition) is 1. The maximum atomic E-state index is 10.2. The van der Waals surface area contributed by atoms with Crippen molar-refractivity contribution in [1.82, 2.24) is 4.98 Å². The van der Waals surface area contributed by atoms with Gasteiger partial charge in [-0.1, -0.05) is 37.6 Å². The Balaban J connectivity index is 1.33. The highest BCUT2D eigenvalue weighted by Gasteiger charge is 2.58. The molecule has 0 bridgehead atoms. The molecule has 3 fully saturated rings. The van der Waals surface area contributed by atoms with E-state index in [2.05, 4.69) is 49.2 Å². The molecule has 4 aliphatic carbocycles. The highest BCUT2D eigenvalue weighted by Crippen LogP contribution is 2.68. The Bertz CT molecular complexity index is 1010. The van der Waals surface area contributed by atoms with Gasteiger partial charge in [0.1, 0.15) is 0 Å². The van der Waals surface area contributed by atoms with E-state index in [1.807, 2.05) is 12.4 Å². The summed E-state index contributed by atoms with van der Waals surface area (Å²) in [6.45, 7) is 5.15. The maximum absolute atomic E-state index is 10.2. The Hall–Kier alpha value is -1.67. The fourth-order valence-electron chi connectivity index (χ4n) is 8.51. The number of pyridine rings is 1. The number of hydrogen-bond acceptors (Lipinski definition) is 2. The van der Waals surface area contributed by atoms with Crippen LogP contribution in [0, 0.1) is 28.6 Å². The summed E-state index contributed by atoms with van der Waals surface area (Å²) in [5.74, 6) is 3.18. The summed E-state index contributed by atoms with van der Waals surface area (Å²) >= 11 is 0. The number of allylic oxidation sites excluding steroid dienone is 1. The molecule has 2 heteroatoms. The van der Waals surface area contributed by atoms with E-state index in [9.17, 15) is 5.11 Å². The number of aromatic nitrogens is 1. The zero-order valence-electron chi connectivity index (χ0n) is 18.5. The van der Waals surface area contributed by atoms with E-state index >= 15 is 0 Å². The van der Waals surface area contributed by atoms with Crippen molar-refractivity contribution < 1.29 is 5.11 Å². The first-order valence-corrected chi connectivity index (χ1v) is 12.2. The zero-order chi connectivity index (χ0) is 20.5. The predicted octanol–water partition coefficient (Wildman–Crippen LogP) is 6.64. The van der Waals surface area contributed by atoms with E-state index < -0.39 is 0 Å². The third-order valence-corrected chi connectivity index (χ3v) is 10.1. The van der Waals surface area contributed by atoms with Gasteiger partial charge in [-0.05, 0) is 109 Å². The van der Waals surface area contributed by atoms with Crippen LogP contribution in [-0.4, -0.2) is 16.2 Å².